The van der Waals surface area contributed by atoms with E-state index in [9.17, 15) is 9.59 Å². The molecular formula is C31H24N2O4. The van der Waals surface area contributed by atoms with Gasteiger partial charge < -0.3 is 9.47 Å². The Morgan fingerprint density at radius 2 is 1.43 bits per heavy atom. The summed E-state index contributed by atoms with van der Waals surface area (Å²) >= 11 is 0. The van der Waals surface area contributed by atoms with Crippen molar-refractivity contribution in [1.29, 1.82) is 0 Å². The fourth-order valence-electron chi connectivity index (χ4n) is 4.01. The normalized spacial score (nSPS) is 11.1. The van der Waals surface area contributed by atoms with Crippen molar-refractivity contribution in [2.75, 3.05) is 6.61 Å². The number of aryl methyl sites for hydroxylation is 1. The lowest BCUT2D eigenvalue weighted by Gasteiger charge is -2.11. The number of ether oxygens (including phenoxy) is 2. The summed E-state index contributed by atoms with van der Waals surface area (Å²) < 4.78 is 11.4. The van der Waals surface area contributed by atoms with Crippen molar-refractivity contribution in [1.82, 2.24) is 5.43 Å². The fourth-order valence-corrected chi connectivity index (χ4v) is 4.01. The van der Waals surface area contributed by atoms with Gasteiger partial charge in [-0.15, -0.1) is 0 Å². The molecule has 0 aliphatic rings. The van der Waals surface area contributed by atoms with Crippen LogP contribution in [0.5, 0.6) is 11.5 Å². The van der Waals surface area contributed by atoms with Gasteiger partial charge in [0.15, 0.2) is 6.61 Å². The Morgan fingerprint density at radius 3 is 2.22 bits per heavy atom. The van der Waals surface area contributed by atoms with Crippen LogP contribution >= 0.6 is 0 Å². The van der Waals surface area contributed by atoms with E-state index < -0.39 is 11.9 Å². The Bertz CT molecular complexity index is 1620. The molecule has 6 nitrogen and oxygen atoms in total. The zero-order chi connectivity index (χ0) is 25.6. The number of amides is 1. The standard InChI is InChI=1S/C31H24N2O4/c1-21-13-15-24(16-14-21)31(35)37-29-18-17-23-8-2-4-10-25(23)27(29)19-32-33-30(34)20-36-28-12-6-9-22-7-3-5-11-26(22)28/h2-19H,20H2,1H3,(H,33,34). The SMILES string of the molecule is Cc1ccc(C(=O)Oc2ccc3ccccc3c2C=NNC(=O)COc2cccc3ccccc23)cc1. The number of esters is 1. The highest BCUT2D eigenvalue weighted by Gasteiger charge is 2.14. The molecular weight excluding hydrogens is 464 g/mol. The summed E-state index contributed by atoms with van der Waals surface area (Å²) in [6.45, 7) is 1.75. The van der Waals surface area contributed by atoms with Crippen molar-refractivity contribution in [2.45, 2.75) is 6.92 Å². The molecule has 0 radical (unpaired) electrons. The van der Waals surface area contributed by atoms with Crippen molar-refractivity contribution in [2.24, 2.45) is 5.10 Å². The molecule has 5 rings (SSSR count). The van der Waals surface area contributed by atoms with Crippen molar-refractivity contribution in [3.8, 4) is 11.5 Å². The van der Waals surface area contributed by atoms with Crippen LogP contribution in [0.2, 0.25) is 0 Å². The van der Waals surface area contributed by atoms with Crippen molar-refractivity contribution >= 4 is 39.6 Å². The van der Waals surface area contributed by atoms with Crippen LogP contribution in [-0.2, 0) is 4.79 Å². The number of hydrazone groups is 1. The third-order valence-electron chi connectivity index (χ3n) is 5.91. The Balaban J connectivity index is 1.32. The minimum Gasteiger partial charge on any atom is -0.483 e. The largest absolute Gasteiger partial charge is 0.483 e. The lowest BCUT2D eigenvalue weighted by atomic mass is 10.0. The first-order valence-electron chi connectivity index (χ1n) is 11.8. The summed E-state index contributed by atoms with van der Waals surface area (Å²) in [6, 6.07) is 31.9. The van der Waals surface area contributed by atoms with E-state index in [0.717, 1.165) is 27.1 Å². The minimum absolute atomic E-state index is 0.198. The molecule has 5 aromatic rings. The van der Waals surface area contributed by atoms with E-state index in [4.69, 9.17) is 9.47 Å². The van der Waals surface area contributed by atoms with Gasteiger partial charge in [0.2, 0.25) is 0 Å². The number of fused-ring (bicyclic) bond motifs is 2. The van der Waals surface area contributed by atoms with E-state index in [2.05, 4.69) is 10.5 Å². The molecule has 182 valence electrons. The molecule has 0 unspecified atom stereocenters. The van der Waals surface area contributed by atoms with E-state index in [1.165, 1.54) is 6.21 Å². The molecule has 0 saturated carbocycles. The van der Waals surface area contributed by atoms with Crippen LogP contribution in [0, 0.1) is 6.92 Å². The Labute approximate surface area is 214 Å². The number of rotatable bonds is 7. The summed E-state index contributed by atoms with van der Waals surface area (Å²) in [5.74, 6) is 0.0749. The zero-order valence-electron chi connectivity index (χ0n) is 20.2. The number of hydrogen-bond acceptors (Lipinski definition) is 5. The summed E-state index contributed by atoms with van der Waals surface area (Å²) in [6.07, 6.45) is 1.48. The number of carbonyl (C=O) groups excluding carboxylic acids is 2. The van der Waals surface area contributed by atoms with Crippen molar-refractivity contribution in [3.05, 3.63) is 120 Å². The molecule has 1 N–H and O–H groups in total. The summed E-state index contributed by atoms with van der Waals surface area (Å²) in [5.41, 5.74) is 4.57. The molecule has 0 bridgehead atoms. The summed E-state index contributed by atoms with van der Waals surface area (Å²) in [7, 11) is 0. The molecule has 0 fully saturated rings. The van der Waals surface area contributed by atoms with Gasteiger partial charge >= 0.3 is 5.97 Å². The van der Waals surface area contributed by atoms with Crippen LogP contribution < -0.4 is 14.9 Å². The third-order valence-corrected chi connectivity index (χ3v) is 5.91. The maximum Gasteiger partial charge on any atom is 0.343 e. The van der Waals surface area contributed by atoms with Crippen molar-refractivity contribution in [3.63, 3.8) is 0 Å². The van der Waals surface area contributed by atoms with Gasteiger partial charge in [-0.2, -0.15) is 5.10 Å². The Hall–Kier alpha value is -4.97. The summed E-state index contributed by atoms with van der Waals surface area (Å²) in [4.78, 5) is 25.2. The van der Waals surface area contributed by atoms with Crippen molar-refractivity contribution < 1.29 is 19.1 Å². The van der Waals surface area contributed by atoms with Crippen LogP contribution in [0.15, 0.2) is 108 Å². The number of hydrogen-bond donors (Lipinski definition) is 1. The smallest absolute Gasteiger partial charge is 0.343 e. The highest BCUT2D eigenvalue weighted by Crippen LogP contribution is 2.28. The monoisotopic (exact) mass is 488 g/mol. The lowest BCUT2D eigenvalue weighted by molar-refractivity contribution is -0.123. The van der Waals surface area contributed by atoms with Gasteiger partial charge in [0.05, 0.1) is 11.8 Å². The van der Waals surface area contributed by atoms with Gasteiger partial charge in [-0.25, -0.2) is 10.2 Å². The van der Waals surface area contributed by atoms with Crippen LogP contribution in [-0.4, -0.2) is 24.7 Å². The molecule has 0 spiro atoms. The number of benzene rings is 5. The molecule has 1 amide bonds. The van der Waals surface area contributed by atoms with Gasteiger partial charge in [-0.05, 0) is 47.3 Å². The van der Waals surface area contributed by atoms with Crippen LogP contribution in [0.3, 0.4) is 0 Å². The molecule has 0 saturated heterocycles. The first kappa shape index (κ1) is 23.8. The van der Waals surface area contributed by atoms with Crippen LogP contribution in [0.4, 0.5) is 0 Å². The number of carbonyl (C=O) groups is 2. The third kappa shape index (κ3) is 5.49. The van der Waals surface area contributed by atoms with Gasteiger partial charge in [-0.3, -0.25) is 4.79 Å². The first-order chi connectivity index (χ1) is 18.1. The second-order valence-electron chi connectivity index (χ2n) is 8.51. The lowest BCUT2D eigenvalue weighted by Crippen LogP contribution is -2.24. The van der Waals surface area contributed by atoms with E-state index in [0.29, 0.717) is 22.6 Å². The van der Waals surface area contributed by atoms with Gasteiger partial charge in [0, 0.05) is 10.9 Å². The molecule has 5 aromatic carbocycles. The van der Waals surface area contributed by atoms with E-state index >= 15 is 0 Å². The average molecular weight is 489 g/mol. The minimum atomic E-state index is -0.475. The first-order valence-corrected chi connectivity index (χ1v) is 11.8. The second kappa shape index (κ2) is 10.7. The van der Waals surface area contributed by atoms with Gasteiger partial charge in [-0.1, -0.05) is 84.4 Å². The van der Waals surface area contributed by atoms with Crippen LogP contribution in [0.1, 0.15) is 21.5 Å². The zero-order valence-corrected chi connectivity index (χ0v) is 20.2. The molecule has 6 heteroatoms. The topological polar surface area (TPSA) is 77.0 Å². The van der Waals surface area contributed by atoms with Gasteiger partial charge in [0.25, 0.3) is 5.91 Å². The predicted molar refractivity (Wildman–Crippen MR) is 145 cm³/mol. The molecule has 37 heavy (non-hydrogen) atoms. The Morgan fingerprint density at radius 1 is 0.757 bits per heavy atom. The van der Waals surface area contributed by atoms with Gasteiger partial charge in [0.1, 0.15) is 11.5 Å². The number of nitrogens with one attached hydrogen (secondary N) is 1. The summed E-state index contributed by atoms with van der Waals surface area (Å²) in [5, 5.41) is 7.86. The molecule has 0 aliphatic carbocycles. The van der Waals surface area contributed by atoms with E-state index in [1.54, 1.807) is 18.2 Å². The molecule has 0 aromatic heterocycles. The average Bonchev–Trinajstić information content (AvgIpc) is 2.93. The second-order valence-corrected chi connectivity index (χ2v) is 8.51. The Kier molecular flexibility index (Phi) is 6.90. The molecule has 0 atom stereocenters. The van der Waals surface area contributed by atoms with E-state index in [1.807, 2.05) is 91.9 Å². The highest BCUT2D eigenvalue weighted by atomic mass is 16.5. The predicted octanol–water partition coefficient (Wildman–Crippen LogP) is 6.05. The number of nitrogens with zero attached hydrogens (tertiary/aromatic N) is 1. The van der Waals surface area contributed by atoms with Crippen LogP contribution in [0.25, 0.3) is 21.5 Å². The molecule has 0 aliphatic heterocycles. The highest BCUT2D eigenvalue weighted by molar-refractivity contribution is 6.04. The maximum absolute atomic E-state index is 12.8. The van der Waals surface area contributed by atoms with E-state index in [-0.39, 0.29) is 6.61 Å². The fraction of sp³-hybridized carbons (Fsp3) is 0.0645. The quantitative estimate of drug-likeness (QED) is 0.131. The maximum atomic E-state index is 12.8. The molecule has 0 heterocycles.